The SMILES string of the molecule is CC(C)NCc1cn(Cc2ccnc3ccccc23)nn1. The zero-order valence-electron chi connectivity index (χ0n) is 12.3. The summed E-state index contributed by atoms with van der Waals surface area (Å²) in [7, 11) is 0. The van der Waals surface area contributed by atoms with Crippen LogP contribution >= 0.6 is 0 Å². The molecule has 0 unspecified atom stereocenters. The van der Waals surface area contributed by atoms with E-state index in [0.717, 1.165) is 23.1 Å². The van der Waals surface area contributed by atoms with Crippen molar-refractivity contribution in [2.45, 2.75) is 33.0 Å². The molecule has 3 rings (SSSR count). The van der Waals surface area contributed by atoms with Crippen LogP contribution in [0.3, 0.4) is 0 Å². The summed E-state index contributed by atoms with van der Waals surface area (Å²) in [4.78, 5) is 4.38. The van der Waals surface area contributed by atoms with Crippen molar-refractivity contribution < 1.29 is 0 Å². The third kappa shape index (κ3) is 3.25. The maximum Gasteiger partial charge on any atom is 0.0965 e. The van der Waals surface area contributed by atoms with Crippen molar-refractivity contribution in [1.82, 2.24) is 25.3 Å². The lowest BCUT2D eigenvalue weighted by Gasteiger charge is -2.05. The fraction of sp³-hybridized carbons (Fsp3) is 0.312. The first-order chi connectivity index (χ1) is 10.2. The highest BCUT2D eigenvalue weighted by atomic mass is 15.4. The second-order valence-corrected chi connectivity index (χ2v) is 5.43. The molecule has 0 aliphatic heterocycles. The van der Waals surface area contributed by atoms with Crippen molar-refractivity contribution >= 4 is 10.9 Å². The molecule has 0 spiro atoms. The number of hydrogen-bond acceptors (Lipinski definition) is 4. The first kappa shape index (κ1) is 13.7. The number of nitrogens with zero attached hydrogens (tertiary/aromatic N) is 4. The molecule has 0 aliphatic rings. The first-order valence-electron chi connectivity index (χ1n) is 7.17. The molecule has 0 aliphatic carbocycles. The Balaban J connectivity index is 1.79. The van der Waals surface area contributed by atoms with Gasteiger partial charge in [-0.1, -0.05) is 37.3 Å². The molecule has 3 aromatic rings. The number of fused-ring (bicyclic) bond motifs is 1. The van der Waals surface area contributed by atoms with Gasteiger partial charge < -0.3 is 5.32 Å². The maximum absolute atomic E-state index is 4.38. The van der Waals surface area contributed by atoms with Crippen LogP contribution < -0.4 is 5.32 Å². The summed E-state index contributed by atoms with van der Waals surface area (Å²) in [5.41, 5.74) is 3.17. The molecule has 5 nitrogen and oxygen atoms in total. The quantitative estimate of drug-likeness (QED) is 0.780. The van der Waals surface area contributed by atoms with E-state index in [9.17, 15) is 0 Å². The van der Waals surface area contributed by atoms with Crippen LogP contribution in [0.4, 0.5) is 0 Å². The third-order valence-electron chi connectivity index (χ3n) is 3.35. The molecule has 0 bridgehead atoms. The monoisotopic (exact) mass is 281 g/mol. The molecule has 0 atom stereocenters. The predicted octanol–water partition coefficient (Wildman–Crippen LogP) is 2.37. The highest BCUT2D eigenvalue weighted by Crippen LogP contribution is 2.16. The van der Waals surface area contributed by atoms with Crippen LogP contribution in [0.25, 0.3) is 10.9 Å². The molecule has 2 aromatic heterocycles. The standard InChI is InChI=1S/C16H19N5/c1-12(2)18-9-14-11-21(20-19-14)10-13-7-8-17-16-6-4-3-5-15(13)16/h3-8,11-12,18H,9-10H2,1-2H3. The summed E-state index contributed by atoms with van der Waals surface area (Å²) in [5.74, 6) is 0. The van der Waals surface area contributed by atoms with E-state index in [4.69, 9.17) is 0 Å². The minimum Gasteiger partial charge on any atom is -0.309 e. The van der Waals surface area contributed by atoms with Gasteiger partial charge in [0.2, 0.25) is 0 Å². The van der Waals surface area contributed by atoms with Crippen molar-refractivity contribution in [3.63, 3.8) is 0 Å². The van der Waals surface area contributed by atoms with Crippen LogP contribution in [-0.2, 0) is 13.1 Å². The average molecular weight is 281 g/mol. The van der Waals surface area contributed by atoms with Crippen LogP contribution in [0, 0.1) is 0 Å². The van der Waals surface area contributed by atoms with Crippen LogP contribution in [0.15, 0.2) is 42.7 Å². The van der Waals surface area contributed by atoms with Crippen LogP contribution in [0.1, 0.15) is 25.1 Å². The van der Waals surface area contributed by atoms with Crippen LogP contribution in [-0.4, -0.2) is 26.0 Å². The number of rotatable bonds is 5. The molecule has 108 valence electrons. The fourth-order valence-corrected chi connectivity index (χ4v) is 2.27. The lowest BCUT2D eigenvalue weighted by Crippen LogP contribution is -2.21. The molecular weight excluding hydrogens is 262 g/mol. The zero-order chi connectivity index (χ0) is 14.7. The second-order valence-electron chi connectivity index (χ2n) is 5.43. The minimum atomic E-state index is 0.444. The molecule has 0 saturated carbocycles. The Morgan fingerprint density at radius 2 is 2.05 bits per heavy atom. The Morgan fingerprint density at radius 3 is 2.90 bits per heavy atom. The van der Waals surface area contributed by atoms with Crippen molar-refractivity contribution in [3.05, 3.63) is 54.0 Å². The van der Waals surface area contributed by atoms with E-state index in [2.05, 4.69) is 40.5 Å². The molecule has 0 amide bonds. The number of nitrogens with one attached hydrogen (secondary N) is 1. The second kappa shape index (κ2) is 6.01. The normalized spacial score (nSPS) is 11.4. The summed E-state index contributed by atoms with van der Waals surface area (Å²) in [6.45, 7) is 5.69. The fourth-order valence-electron chi connectivity index (χ4n) is 2.27. The molecule has 0 fully saturated rings. The molecular formula is C16H19N5. The summed E-state index contributed by atoms with van der Waals surface area (Å²) in [6.07, 6.45) is 3.83. The molecule has 2 heterocycles. The number of pyridine rings is 1. The van der Waals surface area contributed by atoms with Crippen molar-refractivity contribution in [2.75, 3.05) is 0 Å². The van der Waals surface area contributed by atoms with E-state index < -0.39 is 0 Å². The lowest BCUT2D eigenvalue weighted by atomic mass is 10.1. The predicted molar refractivity (Wildman–Crippen MR) is 82.8 cm³/mol. The van der Waals surface area contributed by atoms with E-state index in [1.807, 2.05) is 41.3 Å². The summed E-state index contributed by atoms with van der Waals surface area (Å²) in [5, 5.41) is 12.9. The largest absolute Gasteiger partial charge is 0.309 e. The van der Waals surface area contributed by atoms with E-state index in [1.54, 1.807) is 0 Å². The lowest BCUT2D eigenvalue weighted by molar-refractivity contribution is 0.580. The van der Waals surface area contributed by atoms with Gasteiger partial charge in [0.15, 0.2) is 0 Å². The Kier molecular flexibility index (Phi) is 3.92. The molecule has 0 saturated heterocycles. The number of aromatic nitrogens is 4. The van der Waals surface area contributed by atoms with Gasteiger partial charge in [-0.05, 0) is 17.7 Å². The van der Waals surface area contributed by atoms with E-state index in [-0.39, 0.29) is 0 Å². The van der Waals surface area contributed by atoms with Gasteiger partial charge in [0.05, 0.1) is 24.0 Å². The third-order valence-corrected chi connectivity index (χ3v) is 3.35. The van der Waals surface area contributed by atoms with Gasteiger partial charge in [-0.15, -0.1) is 5.10 Å². The molecule has 5 heteroatoms. The smallest absolute Gasteiger partial charge is 0.0965 e. The van der Waals surface area contributed by atoms with Gasteiger partial charge >= 0.3 is 0 Å². The summed E-state index contributed by atoms with van der Waals surface area (Å²) in [6, 6.07) is 10.6. The van der Waals surface area contributed by atoms with Crippen LogP contribution in [0.5, 0.6) is 0 Å². The maximum atomic E-state index is 4.38. The molecule has 1 aromatic carbocycles. The molecule has 1 N–H and O–H groups in total. The van der Waals surface area contributed by atoms with Crippen molar-refractivity contribution in [1.29, 1.82) is 0 Å². The van der Waals surface area contributed by atoms with E-state index in [1.165, 1.54) is 5.56 Å². The number of hydrogen-bond donors (Lipinski definition) is 1. The summed E-state index contributed by atoms with van der Waals surface area (Å²) >= 11 is 0. The Morgan fingerprint density at radius 1 is 1.19 bits per heavy atom. The summed E-state index contributed by atoms with van der Waals surface area (Å²) < 4.78 is 1.87. The van der Waals surface area contributed by atoms with Gasteiger partial charge in [-0.2, -0.15) is 0 Å². The number of benzene rings is 1. The van der Waals surface area contributed by atoms with E-state index >= 15 is 0 Å². The highest BCUT2D eigenvalue weighted by Gasteiger charge is 2.05. The van der Waals surface area contributed by atoms with Gasteiger partial charge in [0.25, 0.3) is 0 Å². The van der Waals surface area contributed by atoms with E-state index in [0.29, 0.717) is 12.6 Å². The van der Waals surface area contributed by atoms with Crippen molar-refractivity contribution in [2.24, 2.45) is 0 Å². The molecule has 0 radical (unpaired) electrons. The molecule has 21 heavy (non-hydrogen) atoms. The van der Waals surface area contributed by atoms with Crippen molar-refractivity contribution in [3.8, 4) is 0 Å². The van der Waals surface area contributed by atoms with Gasteiger partial charge in [-0.25, -0.2) is 4.68 Å². The van der Waals surface area contributed by atoms with Gasteiger partial charge in [0, 0.05) is 24.2 Å². The highest BCUT2D eigenvalue weighted by molar-refractivity contribution is 5.81. The minimum absolute atomic E-state index is 0.444. The van der Waals surface area contributed by atoms with Crippen LogP contribution in [0.2, 0.25) is 0 Å². The van der Waals surface area contributed by atoms with Gasteiger partial charge in [0.1, 0.15) is 0 Å². The Hall–Kier alpha value is -2.27. The Labute approximate surface area is 124 Å². The van der Waals surface area contributed by atoms with Gasteiger partial charge in [-0.3, -0.25) is 4.98 Å². The Bertz CT molecular complexity index is 727. The first-order valence-corrected chi connectivity index (χ1v) is 7.17. The average Bonchev–Trinajstić information content (AvgIpc) is 2.93. The topological polar surface area (TPSA) is 55.6 Å². The number of para-hydroxylation sites is 1. The zero-order valence-corrected chi connectivity index (χ0v) is 12.3.